The zero-order valence-electron chi connectivity index (χ0n) is 21.0. The van der Waals surface area contributed by atoms with Crippen molar-refractivity contribution in [2.45, 2.75) is 59.0 Å². The van der Waals surface area contributed by atoms with Crippen LogP contribution >= 0.6 is 11.6 Å². The number of methoxy groups -OCH3 is 1. The van der Waals surface area contributed by atoms with Gasteiger partial charge in [-0.2, -0.15) is 5.10 Å². The molecule has 1 aliphatic heterocycles. The number of carbonyl (C=O) groups is 1. The number of para-hydroxylation sites is 1. The molecule has 1 unspecified atom stereocenters. The van der Waals surface area contributed by atoms with Gasteiger partial charge in [-0.15, -0.1) is 0 Å². The number of amides is 1. The molecule has 0 aliphatic carbocycles. The van der Waals surface area contributed by atoms with Gasteiger partial charge < -0.3 is 18.9 Å². The van der Waals surface area contributed by atoms with Crippen molar-refractivity contribution in [1.82, 2.24) is 24.8 Å². The summed E-state index contributed by atoms with van der Waals surface area (Å²) in [4.78, 5) is 18.7. The van der Waals surface area contributed by atoms with Crippen LogP contribution in [0.2, 0.25) is 5.02 Å². The molecule has 0 N–H and O–H groups in total. The molecule has 10 heteroatoms. The van der Waals surface area contributed by atoms with E-state index in [1.165, 1.54) is 0 Å². The maximum absolute atomic E-state index is 12.3. The van der Waals surface area contributed by atoms with E-state index in [0.29, 0.717) is 52.9 Å². The quantitative estimate of drug-likeness (QED) is 0.421. The van der Waals surface area contributed by atoms with Gasteiger partial charge in [0.2, 0.25) is 11.6 Å². The normalized spacial score (nSPS) is 15.1. The Morgan fingerprint density at radius 3 is 2.71 bits per heavy atom. The summed E-state index contributed by atoms with van der Waals surface area (Å²) < 4.78 is 18.4. The van der Waals surface area contributed by atoms with Crippen LogP contribution in [0.3, 0.4) is 0 Å². The van der Waals surface area contributed by atoms with E-state index < -0.39 is 5.60 Å². The molecule has 3 heterocycles. The number of carbonyl (C=O) groups excluding carboxylic acids is 1. The van der Waals surface area contributed by atoms with Gasteiger partial charge in [0.25, 0.3) is 0 Å². The monoisotopic (exact) mass is 501 g/mol. The van der Waals surface area contributed by atoms with E-state index in [1.54, 1.807) is 22.8 Å². The second kappa shape index (κ2) is 9.89. The maximum atomic E-state index is 12.3. The van der Waals surface area contributed by atoms with Crippen molar-refractivity contribution in [2.75, 3.05) is 20.2 Å². The first-order valence-electron chi connectivity index (χ1n) is 11.8. The zero-order chi connectivity index (χ0) is 25.3. The van der Waals surface area contributed by atoms with Crippen LogP contribution in [0, 0.1) is 5.92 Å². The Hall–Kier alpha value is -3.07. The lowest BCUT2D eigenvalue weighted by molar-refractivity contribution is 0.00763. The first-order valence-corrected chi connectivity index (χ1v) is 12.2. The van der Waals surface area contributed by atoms with Gasteiger partial charge in [-0.05, 0) is 38.8 Å². The number of rotatable bonds is 7. The summed E-state index contributed by atoms with van der Waals surface area (Å²) in [7, 11) is 1.57. The van der Waals surface area contributed by atoms with Crippen molar-refractivity contribution in [3.8, 4) is 23.0 Å². The highest BCUT2D eigenvalue weighted by Gasteiger charge is 2.36. The molecule has 0 spiro atoms. The second-order valence-electron chi connectivity index (χ2n) is 9.97. The van der Waals surface area contributed by atoms with Gasteiger partial charge in [0.15, 0.2) is 11.6 Å². The molecule has 4 rings (SSSR count). The van der Waals surface area contributed by atoms with Crippen LogP contribution in [0.5, 0.6) is 5.75 Å². The van der Waals surface area contributed by atoms with Gasteiger partial charge >= 0.3 is 6.09 Å². The molecule has 1 fully saturated rings. The molecule has 1 amide bonds. The lowest BCUT2D eigenvalue weighted by Gasteiger charge is -2.38. The topological polar surface area (TPSA) is 95.5 Å². The Morgan fingerprint density at radius 1 is 1.31 bits per heavy atom. The van der Waals surface area contributed by atoms with Crippen LogP contribution < -0.4 is 4.74 Å². The van der Waals surface area contributed by atoms with Crippen LogP contribution in [0.1, 0.15) is 58.5 Å². The van der Waals surface area contributed by atoms with E-state index in [2.05, 4.69) is 19.0 Å². The van der Waals surface area contributed by atoms with Crippen LogP contribution in [-0.4, -0.2) is 56.7 Å². The van der Waals surface area contributed by atoms with E-state index in [1.807, 2.05) is 39.0 Å². The highest BCUT2D eigenvalue weighted by atomic mass is 35.5. The largest absolute Gasteiger partial charge is 0.493 e. The zero-order valence-corrected chi connectivity index (χ0v) is 21.8. The Bertz CT molecular complexity index is 1190. The molecule has 1 atom stereocenters. The van der Waals surface area contributed by atoms with Crippen LogP contribution in [0.15, 0.2) is 28.8 Å². The number of ether oxygens (including phenoxy) is 2. The van der Waals surface area contributed by atoms with Crippen molar-refractivity contribution in [1.29, 1.82) is 0 Å². The third kappa shape index (κ3) is 5.45. The van der Waals surface area contributed by atoms with Crippen molar-refractivity contribution in [3.63, 3.8) is 0 Å². The van der Waals surface area contributed by atoms with Gasteiger partial charge in [0, 0.05) is 31.5 Å². The Balaban J connectivity index is 1.61. The molecule has 1 aromatic carbocycles. The molecule has 0 bridgehead atoms. The highest BCUT2D eigenvalue weighted by molar-refractivity contribution is 6.32. The van der Waals surface area contributed by atoms with E-state index in [0.717, 1.165) is 18.5 Å². The Morgan fingerprint density at radius 2 is 2.06 bits per heavy atom. The second-order valence-corrected chi connectivity index (χ2v) is 10.4. The summed E-state index contributed by atoms with van der Waals surface area (Å²) in [5.74, 6) is 2.71. The lowest BCUT2D eigenvalue weighted by atomic mass is 9.97. The number of nitrogens with zero attached hydrogens (tertiary/aromatic N) is 5. The van der Waals surface area contributed by atoms with Crippen LogP contribution in [0.25, 0.3) is 17.3 Å². The van der Waals surface area contributed by atoms with Gasteiger partial charge in [0.1, 0.15) is 11.3 Å². The molecule has 188 valence electrons. The van der Waals surface area contributed by atoms with Crippen molar-refractivity contribution in [3.05, 3.63) is 40.8 Å². The van der Waals surface area contributed by atoms with E-state index in [-0.39, 0.29) is 12.0 Å². The molecular weight excluding hydrogens is 470 g/mol. The van der Waals surface area contributed by atoms with Crippen molar-refractivity contribution in [2.24, 2.45) is 5.92 Å². The summed E-state index contributed by atoms with van der Waals surface area (Å²) in [6.45, 7) is 10.9. The van der Waals surface area contributed by atoms with E-state index >= 15 is 0 Å². The average Bonchev–Trinajstić information content (AvgIpc) is 3.38. The number of hydrogen-bond acceptors (Lipinski definition) is 7. The maximum Gasteiger partial charge on any atom is 0.410 e. The first-order chi connectivity index (χ1) is 16.6. The smallest absolute Gasteiger partial charge is 0.410 e. The summed E-state index contributed by atoms with van der Waals surface area (Å²) in [5, 5.41) is 9.51. The van der Waals surface area contributed by atoms with Gasteiger partial charge in [0.05, 0.1) is 17.8 Å². The predicted molar refractivity (Wildman–Crippen MR) is 132 cm³/mol. The van der Waals surface area contributed by atoms with E-state index in [9.17, 15) is 4.79 Å². The fourth-order valence-electron chi connectivity index (χ4n) is 3.82. The number of benzene rings is 1. The molecule has 35 heavy (non-hydrogen) atoms. The predicted octanol–water partition coefficient (Wildman–Crippen LogP) is 5.51. The molecule has 0 saturated carbocycles. The molecule has 3 aromatic rings. The summed E-state index contributed by atoms with van der Waals surface area (Å²) in [6, 6.07) is 7.34. The SMILES string of the molecule is CCC(C)Cc1nc(-c2cc(C3CN(C(=O)OC(C)(C)C)C3)no2)n(-c2cccc(Cl)c2OC)n1. The Kier molecular flexibility index (Phi) is 7.07. The van der Waals surface area contributed by atoms with Crippen molar-refractivity contribution >= 4 is 17.7 Å². The molecular formula is C25H32ClN5O4. The molecule has 1 saturated heterocycles. The lowest BCUT2D eigenvalue weighted by Crippen LogP contribution is -2.50. The summed E-state index contributed by atoms with van der Waals surface area (Å²) in [6.07, 6.45) is 1.43. The van der Waals surface area contributed by atoms with Gasteiger partial charge in [-0.1, -0.05) is 43.1 Å². The minimum Gasteiger partial charge on any atom is -0.493 e. The van der Waals surface area contributed by atoms with Crippen LogP contribution in [0.4, 0.5) is 4.79 Å². The number of likely N-dealkylation sites (tertiary alicyclic amines) is 1. The number of hydrogen-bond donors (Lipinski definition) is 0. The van der Waals surface area contributed by atoms with Gasteiger partial charge in [-0.3, -0.25) is 0 Å². The number of halogens is 1. The molecule has 0 radical (unpaired) electrons. The van der Waals surface area contributed by atoms with E-state index in [4.69, 9.17) is 35.7 Å². The fourth-order valence-corrected chi connectivity index (χ4v) is 4.07. The first kappa shape index (κ1) is 25.0. The summed E-state index contributed by atoms with van der Waals surface area (Å²) >= 11 is 6.38. The highest BCUT2D eigenvalue weighted by Crippen LogP contribution is 2.35. The fraction of sp³-hybridized carbons (Fsp3) is 0.520. The molecule has 1 aliphatic rings. The van der Waals surface area contributed by atoms with Crippen molar-refractivity contribution < 1.29 is 18.8 Å². The minimum absolute atomic E-state index is 0.0664. The molecule has 2 aromatic heterocycles. The minimum atomic E-state index is -0.526. The third-order valence-electron chi connectivity index (χ3n) is 5.96. The van der Waals surface area contributed by atoms with Gasteiger partial charge in [-0.25, -0.2) is 14.5 Å². The summed E-state index contributed by atoms with van der Waals surface area (Å²) in [5.41, 5.74) is 0.897. The Labute approximate surface area is 210 Å². The average molecular weight is 502 g/mol. The van der Waals surface area contributed by atoms with Crippen LogP contribution in [-0.2, 0) is 11.2 Å². The number of aromatic nitrogens is 4. The third-order valence-corrected chi connectivity index (χ3v) is 6.26. The molecule has 9 nitrogen and oxygen atoms in total. The standard InChI is InChI=1S/C25H32ClN5O4/c1-7-15(2)11-21-27-23(31(28-21)19-10-8-9-17(26)22(19)33-6)20-12-18(29-35-20)16-13-30(14-16)24(32)34-25(3,4)5/h8-10,12,15-16H,7,11,13-14H2,1-6H3.